The number of halogens is 3. The van der Waals surface area contributed by atoms with Gasteiger partial charge in [0, 0.05) is 26.9 Å². The van der Waals surface area contributed by atoms with E-state index in [0.717, 1.165) is 38.7 Å². The van der Waals surface area contributed by atoms with Gasteiger partial charge in [0.2, 0.25) is 0 Å². The largest absolute Gasteiger partial charge is 0.385 e. The Balaban J connectivity index is 3.00. The fourth-order valence-corrected chi connectivity index (χ4v) is 4.03. The maximum atomic E-state index is 5.84. The monoisotopic (exact) mass is 376 g/mol. The van der Waals surface area contributed by atoms with Crippen LogP contribution in [-0.4, -0.2) is 32.9 Å². The summed E-state index contributed by atoms with van der Waals surface area (Å²) < 4.78 is 10.5. The first kappa shape index (κ1) is 22.0. The fourth-order valence-electron chi connectivity index (χ4n) is 2.17. The first-order chi connectivity index (χ1) is 10.1. The molecule has 0 aliphatic heterocycles. The summed E-state index contributed by atoms with van der Waals surface area (Å²) in [6, 6.07) is -1.56. The van der Waals surface area contributed by atoms with Crippen molar-refractivity contribution in [3.8, 4) is 0 Å². The Bertz CT molecular complexity index is 214. The van der Waals surface area contributed by atoms with Crippen molar-refractivity contribution in [3.63, 3.8) is 0 Å². The Morgan fingerprint density at radius 3 is 1.62 bits per heavy atom. The van der Waals surface area contributed by atoms with Crippen molar-refractivity contribution >= 4 is 39.2 Å². The molecule has 6 heteroatoms. The van der Waals surface area contributed by atoms with Gasteiger partial charge in [-0.15, -0.1) is 33.2 Å². The summed E-state index contributed by atoms with van der Waals surface area (Å²) in [4.78, 5) is 0. The molecule has 2 nitrogen and oxygen atoms in total. The molecule has 0 rings (SSSR count). The molecule has 0 aliphatic rings. The average molecular weight is 378 g/mol. The first-order valence-electron chi connectivity index (χ1n) is 8.19. The van der Waals surface area contributed by atoms with Crippen molar-refractivity contribution in [1.82, 2.24) is 0 Å². The van der Waals surface area contributed by atoms with Gasteiger partial charge in [-0.1, -0.05) is 51.4 Å². The molecule has 0 radical (unpaired) electrons. The van der Waals surface area contributed by atoms with Gasteiger partial charge in [-0.05, 0) is 18.9 Å². The summed E-state index contributed by atoms with van der Waals surface area (Å²) >= 11 is 17.5. The second-order valence-corrected chi connectivity index (χ2v) is 14.8. The normalized spacial score (nSPS) is 12.0. The molecule has 0 atom stereocenters. The summed E-state index contributed by atoms with van der Waals surface area (Å²) in [5.41, 5.74) is 0. The highest BCUT2D eigenvalue weighted by molar-refractivity contribution is 7.64. The van der Waals surface area contributed by atoms with Crippen molar-refractivity contribution in [2.45, 2.75) is 70.3 Å². The maximum Gasteiger partial charge on any atom is 0.341 e. The van der Waals surface area contributed by atoms with Crippen LogP contribution >= 0.6 is 33.2 Å². The molecule has 0 unspecified atom stereocenters. The lowest BCUT2D eigenvalue weighted by Crippen LogP contribution is -2.07. The fraction of sp³-hybridized carbons (Fsp3) is 1.00. The quantitative estimate of drug-likeness (QED) is 0.181. The van der Waals surface area contributed by atoms with Crippen LogP contribution in [0.3, 0.4) is 0 Å². The molecule has 0 saturated carbocycles. The molecule has 0 spiro atoms. The zero-order valence-electron chi connectivity index (χ0n) is 13.3. The van der Waals surface area contributed by atoms with E-state index >= 15 is 0 Å². The van der Waals surface area contributed by atoms with Crippen LogP contribution in [0.5, 0.6) is 0 Å². The Hall–Kier alpha value is 1.01. The molecule has 0 bridgehead atoms. The number of methoxy groups -OCH3 is 1. The van der Waals surface area contributed by atoms with Crippen molar-refractivity contribution < 1.29 is 9.47 Å². The smallest absolute Gasteiger partial charge is 0.341 e. The van der Waals surface area contributed by atoms with Crippen LogP contribution in [0.15, 0.2) is 0 Å². The van der Waals surface area contributed by atoms with Crippen molar-refractivity contribution in [1.29, 1.82) is 0 Å². The third-order valence-corrected chi connectivity index (χ3v) is 6.01. The van der Waals surface area contributed by atoms with Gasteiger partial charge in [0.15, 0.2) is 0 Å². The second-order valence-electron chi connectivity index (χ2n) is 5.51. The third kappa shape index (κ3) is 21.0. The summed E-state index contributed by atoms with van der Waals surface area (Å²) in [6.45, 7) is 2.51. The van der Waals surface area contributed by atoms with Gasteiger partial charge in [0.25, 0.3) is 0 Å². The minimum absolute atomic E-state index is 0.795. The summed E-state index contributed by atoms with van der Waals surface area (Å²) in [5.74, 6) is 0. The van der Waals surface area contributed by atoms with Gasteiger partial charge in [-0.2, -0.15) is 0 Å². The van der Waals surface area contributed by atoms with Crippen LogP contribution in [0.1, 0.15) is 64.2 Å². The molecule has 0 fully saturated rings. The minimum Gasteiger partial charge on any atom is -0.385 e. The van der Waals surface area contributed by atoms with Crippen LogP contribution in [0, 0.1) is 0 Å². The summed E-state index contributed by atoms with van der Waals surface area (Å²) in [7, 11) is 1.72. The lowest BCUT2D eigenvalue weighted by Gasteiger charge is -2.07. The van der Waals surface area contributed by atoms with Crippen molar-refractivity contribution in [2.75, 3.05) is 26.9 Å². The highest BCUT2D eigenvalue weighted by atomic mass is 35.8. The van der Waals surface area contributed by atoms with Gasteiger partial charge in [0.05, 0.1) is 0 Å². The van der Waals surface area contributed by atoms with Crippen LogP contribution in [-0.2, 0) is 9.47 Å². The zero-order chi connectivity index (χ0) is 15.8. The molecule has 0 aromatic carbocycles. The number of unbranched alkanes of at least 4 members (excludes halogenated alkanes) is 8. The van der Waals surface area contributed by atoms with E-state index < -0.39 is 6.00 Å². The molecule has 0 aromatic rings. The van der Waals surface area contributed by atoms with E-state index in [-0.39, 0.29) is 0 Å². The highest BCUT2D eigenvalue weighted by Crippen LogP contribution is 2.27. The molecule has 128 valence electrons. The van der Waals surface area contributed by atoms with Crippen LogP contribution in [0.25, 0.3) is 0 Å². The third-order valence-electron chi connectivity index (χ3n) is 3.39. The van der Waals surface area contributed by atoms with Crippen LogP contribution in [0.4, 0.5) is 0 Å². The highest BCUT2D eigenvalue weighted by Gasteiger charge is 2.23. The van der Waals surface area contributed by atoms with Crippen LogP contribution in [0.2, 0.25) is 6.04 Å². The molecular weight excluding hydrogens is 347 g/mol. The molecule has 0 amide bonds. The van der Waals surface area contributed by atoms with E-state index in [1.165, 1.54) is 51.4 Å². The van der Waals surface area contributed by atoms with Crippen LogP contribution < -0.4 is 0 Å². The lowest BCUT2D eigenvalue weighted by atomic mass is 10.1. The molecule has 0 aliphatic carbocycles. The van der Waals surface area contributed by atoms with Gasteiger partial charge in [0.1, 0.15) is 0 Å². The SMILES string of the molecule is COCCCOCCCCCCCCCCC[Si](Cl)(Cl)Cl. The number of hydrogen-bond acceptors (Lipinski definition) is 2. The van der Waals surface area contributed by atoms with Gasteiger partial charge < -0.3 is 9.47 Å². The zero-order valence-corrected chi connectivity index (χ0v) is 16.6. The lowest BCUT2D eigenvalue weighted by molar-refractivity contribution is 0.100. The Morgan fingerprint density at radius 1 is 0.619 bits per heavy atom. The Kier molecular flexibility index (Phi) is 16.6. The second kappa shape index (κ2) is 15.9. The maximum absolute atomic E-state index is 5.84. The van der Waals surface area contributed by atoms with Crippen molar-refractivity contribution in [2.24, 2.45) is 0 Å². The molecule has 0 saturated heterocycles. The Labute approximate surface area is 145 Å². The molecule has 0 heterocycles. The topological polar surface area (TPSA) is 18.5 Å². The van der Waals surface area contributed by atoms with E-state index in [1.807, 2.05) is 0 Å². The van der Waals surface area contributed by atoms with E-state index in [2.05, 4.69) is 0 Å². The predicted molar refractivity (Wildman–Crippen MR) is 97.0 cm³/mol. The summed E-state index contributed by atoms with van der Waals surface area (Å²) in [5, 5.41) is 0. The van der Waals surface area contributed by atoms with Crippen molar-refractivity contribution in [3.05, 3.63) is 0 Å². The average Bonchev–Trinajstić information content (AvgIpc) is 2.42. The van der Waals surface area contributed by atoms with Gasteiger partial charge in [-0.25, -0.2) is 0 Å². The van der Waals surface area contributed by atoms with Gasteiger partial charge in [-0.3, -0.25) is 0 Å². The minimum atomic E-state index is -2.36. The van der Waals surface area contributed by atoms with E-state index in [1.54, 1.807) is 7.11 Å². The van der Waals surface area contributed by atoms with Gasteiger partial charge >= 0.3 is 6.00 Å². The molecular formula is C15H31Cl3O2Si. The molecule has 0 N–H and O–H groups in total. The number of rotatable bonds is 16. The molecule has 21 heavy (non-hydrogen) atoms. The molecule has 0 aromatic heterocycles. The standard InChI is InChI=1S/C15H31Cl3O2Si/c1-19-12-11-14-20-13-9-7-5-3-2-4-6-8-10-15-21(16,17)18/h2-15H2,1H3. The van der Waals surface area contributed by atoms with E-state index in [0.29, 0.717) is 0 Å². The Morgan fingerprint density at radius 2 is 1.10 bits per heavy atom. The summed E-state index contributed by atoms with van der Waals surface area (Å²) in [6.07, 6.45) is 12.3. The first-order valence-corrected chi connectivity index (χ1v) is 13.4. The number of hydrogen-bond donors (Lipinski definition) is 0. The number of ether oxygens (including phenoxy) is 2. The van der Waals surface area contributed by atoms with E-state index in [9.17, 15) is 0 Å². The predicted octanol–water partition coefficient (Wildman–Crippen LogP) is 6.21. The van der Waals surface area contributed by atoms with E-state index in [4.69, 9.17) is 42.7 Å².